The number of nitrogens with one attached hydrogen (secondary N) is 1. The van der Waals surface area contributed by atoms with E-state index in [0.717, 1.165) is 17.5 Å². The van der Waals surface area contributed by atoms with Gasteiger partial charge in [-0.15, -0.1) is 0 Å². The molecule has 1 saturated heterocycles. The van der Waals surface area contributed by atoms with E-state index in [9.17, 15) is 0 Å². The van der Waals surface area contributed by atoms with Crippen LogP contribution < -0.4 is 5.32 Å². The van der Waals surface area contributed by atoms with Crippen molar-refractivity contribution in [3.05, 3.63) is 29.6 Å². The van der Waals surface area contributed by atoms with Gasteiger partial charge in [-0.25, -0.2) is 0 Å². The number of thioether (sulfide) groups is 2. The summed E-state index contributed by atoms with van der Waals surface area (Å²) in [4.78, 5) is 4.50. The molecule has 1 aromatic rings. The van der Waals surface area contributed by atoms with Gasteiger partial charge >= 0.3 is 0 Å². The zero-order valence-corrected chi connectivity index (χ0v) is 14.4. The number of pyridine rings is 1. The first-order valence-electron chi connectivity index (χ1n) is 7.65. The van der Waals surface area contributed by atoms with E-state index < -0.39 is 0 Å². The lowest BCUT2D eigenvalue weighted by atomic mass is 10.0. The summed E-state index contributed by atoms with van der Waals surface area (Å²) in [5, 5.41) is 5.18. The third kappa shape index (κ3) is 4.15. The quantitative estimate of drug-likeness (QED) is 0.856. The van der Waals surface area contributed by atoms with Crippen molar-refractivity contribution < 1.29 is 0 Å². The number of hydrogen-bond acceptors (Lipinski definition) is 4. The minimum atomic E-state index is 0.436. The van der Waals surface area contributed by atoms with E-state index in [0.29, 0.717) is 11.3 Å². The fraction of sp³-hybridized carbons (Fsp3) is 0.688. The number of hydrogen-bond donors (Lipinski definition) is 1. The Morgan fingerprint density at radius 1 is 1.30 bits per heavy atom. The summed E-state index contributed by atoms with van der Waals surface area (Å²) in [6, 6.07) is 4.82. The van der Waals surface area contributed by atoms with Crippen molar-refractivity contribution in [3.8, 4) is 0 Å². The smallest absolute Gasteiger partial charge is 0.0466 e. The molecule has 2 heterocycles. The molecule has 1 fully saturated rings. The second-order valence-corrected chi connectivity index (χ2v) is 7.95. The Hall–Kier alpha value is -0.190. The predicted octanol–water partition coefficient (Wildman–Crippen LogP) is 4.06. The van der Waals surface area contributed by atoms with E-state index in [4.69, 9.17) is 0 Å². The first kappa shape index (κ1) is 16.2. The average Bonchev–Trinajstić information content (AvgIpc) is 2.50. The number of aromatic nitrogens is 1. The highest BCUT2D eigenvalue weighted by Gasteiger charge is 2.32. The van der Waals surface area contributed by atoms with Crippen LogP contribution in [0.15, 0.2) is 18.3 Å². The van der Waals surface area contributed by atoms with Crippen LogP contribution in [0, 0.1) is 6.92 Å². The van der Waals surface area contributed by atoms with Crippen molar-refractivity contribution in [3.63, 3.8) is 0 Å². The molecule has 1 aliphatic rings. The normalized spacial score (nSPS) is 24.6. The fourth-order valence-corrected chi connectivity index (χ4v) is 5.89. The number of rotatable bonds is 6. The summed E-state index contributed by atoms with van der Waals surface area (Å²) in [7, 11) is 0. The molecule has 0 saturated carbocycles. The highest BCUT2D eigenvalue weighted by molar-refractivity contribution is 8.07. The van der Waals surface area contributed by atoms with Crippen LogP contribution in [0.4, 0.5) is 0 Å². The zero-order chi connectivity index (χ0) is 14.4. The van der Waals surface area contributed by atoms with Crippen molar-refractivity contribution in [2.24, 2.45) is 0 Å². The van der Waals surface area contributed by atoms with E-state index in [2.05, 4.69) is 72.9 Å². The van der Waals surface area contributed by atoms with Gasteiger partial charge in [-0.3, -0.25) is 4.98 Å². The minimum Gasteiger partial charge on any atom is -0.309 e. The molecule has 0 radical (unpaired) electrons. The Kier molecular flexibility index (Phi) is 6.72. The third-order valence-corrected chi connectivity index (χ3v) is 7.08. The highest BCUT2D eigenvalue weighted by Crippen LogP contribution is 2.40. The topological polar surface area (TPSA) is 24.9 Å². The van der Waals surface area contributed by atoms with Crippen molar-refractivity contribution in [1.29, 1.82) is 0 Å². The Labute approximate surface area is 131 Å². The van der Waals surface area contributed by atoms with Crippen LogP contribution >= 0.6 is 23.5 Å². The van der Waals surface area contributed by atoms with Crippen LogP contribution in [0.2, 0.25) is 0 Å². The molecule has 0 bridgehead atoms. The van der Waals surface area contributed by atoms with Gasteiger partial charge in [-0.1, -0.05) is 19.9 Å². The van der Waals surface area contributed by atoms with Crippen molar-refractivity contribution in [2.45, 2.75) is 50.2 Å². The average molecular weight is 311 g/mol. The molecule has 4 heteroatoms. The second-order valence-electron chi connectivity index (χ2n) is 5.32. The number of nitrogens with zero attached hydrogens (tertiary/aromatic N) is 1. The summed E-state index contributed by atoms with van der Waals surface area (Å²) in [5.74, 6) is 2.57. The van der Waals surface area contributed by atoms with Gasteiger partial charge in [0.15, 0.2) is 0 Å². The van der Waals surface area contributed by atoms with E-state index in [1.54, 1.807) is 0 Å². The van der Waals surface area contributed by atoms with Gasteiger partial charge in [-0.05, 0) is 37.9 Å². The Balaban J connectivity index is 2.18. The molecule has 20 heavy (non-hydrogen) atoms. The van der Waals surface area contributed by atoms with Gasteiger partial charge < -0.3 is 5.32 Å². The molecule has 3 atom stereocenters. The Bertz CT molecular complexity index is 394. The van der Waals surface area contributed by atoms with Crippen LogP contribution in [-0.2, 0) is 0 Å². The van der Waals surface area contributed by atoms with Crippen LogP contribution in [0.5, 0.6) is 0 Å². The van der Waals surface area contributed by atoms with E-state index in [1.165, 1.54) is 29.9 Å². The van der Waals surface area contributed by atoms with Gasteiger partial charge in [-0.2, -0.15) is 23.5 Å². The molecule has 0 amide bonds. The van der Waals surface area contributed by atoms with Crippen molar-refractivity contribution in [2.75, 3.05) is 18.1 Å². The van der Waals surface area contributed by atoms with Gasteiger partial charge in [0.2, 0.25) is 0 Å². The highest BCUT2D eigenvalue weighted by atomic mass is 32.2. The summed E-state index contributed by atoms with van der Waals surface area (Å²) in [6.45, 7) is 7.69. The van der Waals surface area contributed by atoms with Crippen LogP contribution in [-0.4, -0.2) is 33.5 Å². The molecule has 1 N–H and O–H groups in total. The SMILES string of the molecule is CCCNC(c1ccc(C)nc1)C1SCCSC1CC. The summed E-state index contributed by atoms with van der Waals surface area (Å²) in [5.41, 5.74) is 2.45. The van der Waals surface area contributed by atoms with E-state index >= 15 is 0 Å². The van der Waals surface area contributed by atoms with Gasteiger partial charge in [0, 0.05) is 39.9 Å². The zero-order valence-electron chi connectivity index (χ0n) is 12.8. The molecular formula is C16H26N2S2. The molecule has 2 rings (SSSR count). The maximum absolute atomic E-state index is 4.50. The standard InChI is InChI=1S/C16H26N2S2/c1-4-8-17-15(13-7-6-12(3)18-11-13)16-14(5-2)19-9-10-20-16/h6-7,11,14-17H,4-5,8-10H2,1-3H3. The largest absolute Gasteiger partial charge is 0.309 e. The van der Waals surface area contributed by atoms with Crippen LogP contribution in [0.3, 0.4) is 0 Å². The lowest BCUT2D eigenvalue weighted by Crippen LogP contribution is -2.39. The second kappa shape index (κ2) is 8.30. The third-order valence-electron chi connectivity index (χ3n) is 3.73. The maximum Gasteiger partial charge on any atom is 0.0466 e. The molecule has 1 aromatic heterocycles. The number of aryl methyl sites for hydroxylation is 1. The Morgan fingerprint density at radius 2 is 2.10 bits per heavy atom. The van der Waals surface area contributed by atoms with Gasteiger partial charge in [0.05, 0.1) is 0 Å². The molecule has 0 aromatic carbocycles. The van der Waals surface area contributed by atoms with Crippen molar-refractivity contribution >= 4 is 23.5 Å². The van der Waals surface area contributed by atoms with Crippen LogP contribution in [0.1, 0.15) is 44.0 Å². The molecule has 3 unspecified atom stereocenters. The molecule has 2 nitrogen and oxygen atoms in total. The molecule has 0 aliphatic carbocycles. The minimum absolute atomic E-state index is 0.436. The van der Waals surface area contributed by atoms with Gasteiger partial charge in [0.1, 0.15) is 0 Å². The fourth-order valence-electron chi connectivity index (χ4n) is 2.63. The monoisotopic (exact) mass is 310 g/mol. The first-order chi connectivity index (χ1) is 9.76. The molecule has 0 spiro atoms. The predicted molar refractivity (Wildman–Crippen MR) is 92.8 cm³/mol. The molecule has 112 valence electrons. The molecule has 1 aliphatic heterocycles. The summed E-state index contributed by atoms with van der Waals surface area (Å²) < 4.78 is 0. The maximum atomic E-state index is 4.50. The Morgan fingerprint density at radius 3 is 2.75 bits per heavy atom. The first-order valence-corrected chi connectivity index (χ1v) is 9.75. The summed E-state index contributed by atoms with van der Waals surface area (Å²) in [6.07, 6.45) is 4.50. The lowest BCUT2D eigenvalue weighted by molar-refractivity contribution is 0.496. The van der Waals surface area contributed by atoms with E-state index in [-0.39, 0.29) is 0 Å². The summed E-state index contributed by atoms with van der Waals surface area (Å²) >= 11 is 4.29. The van der Waals surface area contributed by atoms with Gasteiger partial charge in [0.25, 0.3) is 0 Å². The van der Waals surface area contributed by atoms with Crippen LogP contribution in [0.25, 0.3) is 0 Å². The lowest BCUT2D eigenvalue weighted by Gasteiger charge is -2.36. The van der Waals surface area contributed by atoms with Crippen molar-refractivity contribution in [1.82, 2.24) is 10.3 Å². The van der Waals surface area contributed by atoms with E-state index in [1.807, 2.05) is 0 Å². The molecular weight excluding hydrogens is 284 g/mol.